The quantitative estimate of drug-likeness (QED) is 0.392. The molecule has 0 N–H and O–H groups in total. The summed E-state index contributed by atoms with van der Waals surface area (Å²) >= 11 is 0. The summed E-state index contributed by atoms with van der Waals surface area (Å²) in [4.78, 5) is 0. The van der Waals surface area contributed by atoms with Crippen molar-refractivity contribution in [2.45, 2.75) is 0 Å². The van der Waals surface area contributed by atoms with Crippen molar-refractivity contribution in [1.82, 2.24) is 0 Å². The maximum atomic E-state index is 8.25. The van der Waals surface area contributed by atoms with Gasteiger partial charge in [-0.3, -0.25) is 0 Å². The summed E-state index contributed by atoms with van der Waals surface area (Å²) in [6.45, 7) is 0. The molecule has 9 heavy (non-hydrogen) atoms. The van der Waals surface area contributed by atoms with Crippen molar-refractivity contribution < 1.29 is 39.9 Å². The molecule has 0 aliphatic carbocycles. The molecule has 0 unspecified atom stereocenters. The van der Waals surface area contributed by atoms with Gasteiger partial charge in [0.25, 0.3) is 0 Å². The first-order chi connectivity index (χ1) is 4.00. The van der Waals surface area contributed by atoms with Gasteiger partial charge < -0.3 is 20.4 Å². The van der Waals surface area contributed by atoms with Crippen molar-refractivity contribution in [3.63, 3.8) is 0 Å². The van der Waals surface area contributed by atoms with Crippen LogP contribution in [-0.4, -0.2) is 28.4 Å². The summed E-state index contributed by atoms with van der Waals surface area (Å²) in [6.07, 6.45) is 0. The molecule has 0 aromatic rings. The summed E-state index contributed by atoms with van der Waals surface area (Å²) in [6, 6.07) is 0. The van der Waals surface area contributed by atoms with E-state index < -0.39 is 0 Å². The van der Waals surface area contributed by atoms with Crippen molar-refractivity contribution in [3.8, 4) is 0 Å². The van der Waals surface area contributed by atoms with Gasteiger partial charge in [-0.25, -0.2) is 0 Å². The van der Waals surface area contributed by atoms with Gasteiger partial charge in [-0.15, -0.1) is 0 Å². The van der Waals surface area contributed by atoms with Crippen molar-refractivity contribution in [2.75, 3.05) is 28.4 Å². The zero-order valence-electron chi connectivity index (χ0n) is 5.99. The van der Waals surface area contributed by atoms with E-state index in [0.717, 1.165) is 28.4 Å². The molecule has 0 amide bonds. The summed E-state index contributed by atoms with van der Waals surface area (Å²) in [5.74, 6) is 0. The molecule has 0 aromatic carbocycles. The molecule has 60 valence electrons. The fourth-order valence-corrected chi connectivity index (χ4v) is 0. The molecule has 0 saturated heterocycles. The second-order valence-electron chi connectivity index (χ2n) is 0. The summed E-state index contributed by atoms with van der Waals surface area (Å²) < 4.78 is 0. The van der Waals surface area contributed by atoms with Crippen LogP contribution in [0.2, 0.25) is 0 Å². The molecule has 0 heterocycles. The first-order valence-corrected chi connectivity index (χ1v) is 1.63. The molecular weight excluding hydrogens is 213 g/mol. The smallest absolute Gasteiger partial charge is 0.857 e. The molecule has 0 aliphatic rings. The van der Waals surface area contributed by atoms with E-state index >= 15 is 0 Å². The molecule has 0 fully saturated rings. The molecule has 0 radical (unpaired) electrons. The Morgan fingerprint density at radius 3 is 0.444 bits per heavy atom. The summed E-state index contributed by atoms with van der Waals surface area (Å²) in [5, 5.41) is 33.0. The van der Waals surface area contributed by atoms with Crippen LogP contribution in [0.4, 0.5) is 0 Å². The fraction of sp³-hybridized carbons (Fsp3) is 1.00. The Morgan fingerprint density at radius 1 is 0.444 bits per heavy atom. The minimum atomic E-state index is 0. The van der Waals surface area contributed by atoms with E-state index in [1.165, 1.54) is 0 Å². The van der Waals surface area contributed by atoms with Crippen LogP contribution in [0.3, 0.4) is 0 Å². The molecule has 0 aromatic heterocycles. The first kappa shape index (κ1) is 34.0. The average molecular weight is 225 g/mol. The van der Waals surface area contributed by atoms with Gasteiger partial charge in [0.15, 0.2) is 0 Å². The Bertz CT molecular complexity index is 12.5. The van der Waals surface area contributed by atoms with Crippen LogP contribution in [0.1, 0.15) is 0 Å². The van der Waals surface area contributed by atoms with Crippen LogP contribution in [-0.2, 0) is 19.5 Å². The Kier molecular flexibility index (Phi) is 8300. The summed E-state index contributed by atoms with van der Waals surface area (Å²) in [5.41, 5.74) is 0. The van der Waals surface area contributed by atoms with Crippen molar-refractivity contribution in [1.29, 1.82) is 0 Å². The second-order valence-corrected chi connectivity index (χ2v) is 0. The molecule has 0 aliphatic heterocycles. The summed E-state index contributed by atoms with van der Waals surface area (Å²) in [7, 11) is 3.00. The van der Waals surface area contributed by atoms with E-state index in [9.17, 15) is 0 Å². The molecule has 0 atom stereocenters. The third-order valence-electron chi connectivity index (χ3n) is 0. The standard InChI is InChI=1S/4CH3O.Ru/c4*1-2;/h4*1H3;/q4*-1;+4. The Labute approximate surface area is 68.9 Å². The SMILES string of the molecule is C[O-].C[O-].C[O-].C[O-].[Ru+4]. The first-order valence-electron chi connectivity index (χ1n) is 1.63. The number of hydrogen-bond donors (Lipinski definition) is 0. The maximum Gasteiger partial charge on any atom is 4.00 e. The Hall–Kier alpha value is 0.463. The van der Waals surface area contributed by atoms with E-state index in [1.54, 1.807) is 0 Å². The normalized spacial score (nSPS) is 2.67. The molecule has 0 saturated carbocycles. The predicted molar refractivity (Wildman–Crippen MR) is 23.7 cm³/mol. The zero-order valence-corrected chi connectivity index (χ0v) is 7.72. The maximum absolute atomic E-state index is 8.25. The topological polar surface area (TPSA) is 92.2 Å². The van der Waals surface area contributed by atoms with Gasteiger partial charge in [-0.1, -0.05) is 0 Å². The minimum Gasteiger partial charge on any atom is -0.857 e. The van der Waals surface area contributed by atoms with Crippen LogP contribution in [0, 0.1) is 0 Å². The minimum absolute atomic E-state index is 0. The molecule has 5 heteroatoms. The molecule has 0 rings (SSSR count). The number of rotatable bonds is 0. The van der Waals surface area contributed by atoms with Crippen LogP contribution in [0.5, 0.6) is 0 Å². The van der Waals surface area contributed by atoms with Gasteiger partial charge in [0.1, 0.15) is 0 Å². The predicted octanol–water partition coefficient (Wildman–Crippen LogP) is -4.10. The Morgan fingerprint density at radius 2 is 0.444 bits per heavy atom. The average Bonchev–Trinajstić information content (AvgIpc) is 2.03. The molecular formula is C4H12O4Ru. The monoisotopic (exact) mass is 226 g/mol. The number of hydrogen-bond acceptors (Lipinski definition) is 4. The van der Waals surface area contributed by atoms with Crippen molar-refractivity contribution >= 4 is 0 Å². The van der Waals surface area contributed by atoms with E-state index in [1.807, 2.05) is 0 Å². The van der Waals surface area contributed by atoms with E-state index in [-0.39, 0.29) is 19.5 Å². The third-order valence-corrected chi connectivity index (χ3v) is 0. The molecule has 0 spiro atoms. The molecule has 4 nitrogen and oxygen atoms in total. The third kappa shape index (κ3) is 1650. The largest absolute Gasteiger partial charge is 4.00 e. The van der Waals surface area contributed by atoms with Gasteiger partial charge >= 0.3 is 19.5 Å². The molecule has 0 bridgehead atoms. The van der Waals surface area contributed by atoms with E-state index in [2.05, 4.69) is 0 Å². The van der Waals surface area contributed by atoms with Crippen LogP contribution < -0.4 is 20.4 Å². The fourth-order valence-electron chi connectivity index (χ4n) is 0. The van der Waals surface area contributed by atoms with Crippen molar-refractivity contribution in [2.24, 2.45) is 0 Å². The van der Waals surface area contributed by atoms with Gasteiger partial charge in [0, 0.05) is 0 Å². The van der Waals surface area contributed by atoms with Crippen LogP contribution >= 0.6 is 0 Å². The van der Waals surface area contributed by atoms with Gasteiger partial charge in [-0.2, -0.15) is 28.4 Å². The van der Waals surface area contributed by atoms with E-state index in [4.69, 9.17) is 20.4 Å². The van der Waals surface area contributed by atoms with Crippen LogP contribution in [0.15, 0.2) is 0 Å². The van der Waals surface area contributed by atoms with Gasteiger partial charge in [0.2, 0.25) is 0 Å². The second kappa shape index (κ2) is 2200. The van der Waals surface area contributed by atoms with Gasteiger partial charge in [0.05, 0.1) is 0 Å². The zero-order chi connectivity index (χ0) is 8.00. The van der Waals surface area contributed by atoms with E-state index in [0.29, 0.717) is 0 Å². The van der Waals surface area contributed by atoms with Crippen LogP contribution in [0.25, 0.3) is 0 Å². The van der Waals surface area contributed by atoms with Gasteiger partial charge in [-0.05, 0) is 0 Å². The van der Waals surface area contributed by atoms with Crippen molar-refractivity contribution in [3.05, 3.63) is 0 Å². The Balaban J connectivity index is -0.00000000762.